The molecule has 1 heterocycles. The van der Waals surface area contributed by atoms with Crippen LogP contribution in [0.2, 0.25) is 0 Å². The molecule has 0 saturated heterocycles. The van der Waals surface area contributed by atoms with Crippen LogP contribution in [0.4, 0.5) is 29.0 Å². The number of carboxylic acid groups (broad SMARTS) is 1. The molecular weight excluding hydrogens is 302 g/mol. The number of hydrogen-bond donors (Lipinski definition) is 6. The Morgan fingerprint density at radius 3 is 2.13 bits per heavy atom. The first-order valence-corrected chi connectivity index (χ1v) is 6.42. The Hall–Kier alpha value is -3.56. The van der Waals surface area contributed by atoms with E-state index < -0.39 is 11.9 Å². The Morgan fingerprint density at radius 2 is 1.61 bits per heavy atom. The fourth-order valence-corrected chi connectivity index (χ4v) is 1.74. The number of benzene rings is 1. The van der Waals surface area contributed by atoms with Crippen LogP contribution < -0.4 is 27.8 Å². The summed E-state index contributed by atoms with van der Waals surface area (Å²) in [5, 5.41) is 14.1. The third-order valence-electron chi connectivity index (χ3n) is 2.83. The second-order valence-electron chi connectivity index (χ2n) is 4.51. The van der Waals surface area contributed by atoms with E-state index in [9.17, 15) is 9.59 Å². The highest BCUT2D eigenvalue weighted by atomic mass is 16.4. The van der Waals surface area contributed by atoms with Crippen molar-refractivity contribution < 1.29 is 14.7 Å². The Balaban J connectivity index is 1.96. The highest BCUT2D eigenvalue weighted by Gasteiger charge is 2.12. The molecule has 0 fully saturated rings. The lowest BCUT2D eigenvalue weighted by Gasteiger charge is -2.11. The van der Waals surface area contributed by atoms with E-state index in [1.54, 1.807) is 12.1 Å². The number of amides is 1. The minimum atomic E-state index is -1.02. The molecule has 0 aliphatic rings. The smallest absolute Gasteiger partial charge is 0.335 e. The van der Waals surface area contributed by atoms with Crippen molar-refractivity contribution in [3.63, 3.8) is 0 Å². The van der Waals surface area contributed by atoms with Crippen LogP contribution >= 0.6 is 0 Å². The lowest BCUT2D eigenvalue weighted by Crippen LogP contribution is -2.23. The van der Waals surface area contributed by atoms with E-state index in [-0.39, 0.29) is 35.4 Å². The molecule has 0 saturated carbocycles. The van der Waals surface area contributed by atoms with E-state index in [0.29, 0.717) is 5.69 Å². The maximum Gasteiger partial charge on any atom is 0.335 e. The molecule has 0 unspecified atom stereocenters. The van der Waals surface area contributed by atoms with Gasteiger partial charge >= 0.3 is 5.97 Å². The topological polar surface area (TPSA) is 182 Å². The number of hydrogen-bond acceptors (Lipinski definition) is 8. The highest BCUT2D eigenvalue weighted by Crippen LogP contribution is 2.22. The van der Waals surface area contributed by atoms with Crippen LogP contribution in [0.5, 0.6) is 0 Å². The van der Waals surface area contributed by atoms with Crippen molar-refractivity contribution in [1.29, 1.82) is 0 Å². The minimum absolute atomic E-state index is 0.0332. The molecule has 0 radical (unpaired) electrons. The fraction of sp³-hybridized carbons (Fsp3) is 0.0769. The Kier molecular flexibility index (Phi) is 4.45. The lowest BCUT2D eigenvalue weighted by molar-refractivity contribution is -0.114. The average Bonchev–Trinajstić information content (AvgIpc) is 2.49. The van der Waals surface area contributed by atoms with Crippen LogP contribution in [-0.4, -0.2) is 33.5 Å². The van der Waals surface area contributed by atoms with Gasteiger partial charge in [0.25, 0.3) is 0 Å². The first-order chi connectivity index (χ1) is 10.9. The number of rotatable bonds is 5. The van der Waals surface area contributed by atoms with Crippen LogP contribution in [-0.2, 0) is 4.79 Å². The van der Waals surface area contributed by atoms with E-state index >= 15 is 0 Å². The first-order valence-electron chi connectivity index (χ1n) is 6.42. The Morgan fingerprint density at radius 1 is 1.04 bits per heavy atom. The number of anilines is 5. The summed E-state index contributed by atoms with van der Waals surface area (Å²) in [6, 6.07) is 5.94. The van der Waals surface area contributed by atoms with Gasteiger partial charge in [0, 0.05) is 5.69 Å². The first kappa shape index (κ1) is 15.8. The predicted molar refractivity (Wildman–Crippen MR) is 85.8 cm³/mol. The van der Waals surface area contributed by atoms with Crippen molar-refractivity contribution in [2.24, 2.45) is 0 Å². The van der Waals surface area contributed by atoms with Gasteiger partial charge in [0.05, 0.1) is 12.1 Å². The van der Waals surface area contributed by atoms with E-state index in [4.69, 9.17) is 22.3 Å². The largest absolute Gasteiger partial charge is 0.478 e. The van der Waals surface area contributed by atoms with Crippen LogP contribution in [0, 0.1) is 0 Å². The van der Waals surface area contributed by atoms with Gasteiger partial charge in [0.15, 0.2) is 11.6 Å². The molecule has 10 heteroatoms. The number of nitrogen functional groups attached to an aromatic ring is 3. The SMILES string of the molecule is Nc1nc(N)c(NC(=O)CNc2ccc(C(=O)O)cc2)c(N)n1. The molecule has 2 aromatic rings. The quantitative estimate of drug-likeness (QED) is 0.441. The molecule has 0 aliphatic heterocycles. The van der Waals surface area contributed by atoms with Crippen molar-refractivity contribution in [3.05, 3.63) is 29.8 Å². The number of nitrogens with two attached hydrogens (primary N) is 3. The van der Waals surface area contributed by atoms with E-state index in [1.165, 1.54) is 12.1 Å². The van der Waals surface area contributed by atoms with Crippen LogP contribution in [0.1, 0.15) is 10.4 Å². The summed E-state index contributed by atoms with van der Waals surface area (Å²) >= 11 is 0. The van der Waals surface area contributed by atoms with Gasteiger partial charge < -0.3 is 32.9 Å². The van der Waals surface area contributed by atoms with Gasteiger partial charge in [-0.2, -0.15) is 9.97 Å². The van der Waals surface area contributed by atoms with Gasteiger partial charge in [0.1, 0.15) is 5.69 Å². The number of carboxylic acids is 1. The molecule has 23 heavy (non-hydrogen) atoms. The molecule has 0 bridgehead atoms. The molecular formula is C13H15N7O3. The number of aromatic carboxylic acids is 1. The zero-order valence-corrected chi connectivity index (χ0v) is 11.9. The molecule has 9 N–H and O–H groups in total. The molecule has 120 valence electrons. The number of carbonyl (C=O) groups is 2. The van der Waals surface area contributed by atoms with Crippen LogP contribution in [0.3, 0.4) is 0 Å². The third-order valence-corrected chi connectivity index (χ3v) is 2.83. The second-order valence-corrected chi connectivity index (χ2v) is 4.51. The molecule has 1 aromatic heterocycles. The maximum absolute atomic E-state index is 11.9. The molecule has 0 aliphatic carbocycles. The monoisotopic (exact) mass is 317 g/mol. The highest BCUT2D eigenvalue weighted by molar-refractivity contribution is 5.98. The Labute approximate surface area is 130 Å². The van der Waals surface area contributed by atoms with Gasteiger partial charge in [-0.25, -0.2) is 4.79 Å². The summed E-state index contributed by atoms with van der Waals surface area (Å²) in [6.07, 6.45) is 0. The summed E-state index contributed by atoms with van der Waals surface area (Å²) in [4.78, 5) is 30.0. The van der Waals surface area contributed by atoms with Crippen molar-refractivity contribution in [2.75, 3.05) is 34.4 Å². The van der Waals surface area contributed by atoms with Gasteiger partial charge in [-0.1, -0.05) is 0 Å². The normalized spacial score (nSPS) is 10.1. The van der Waals surface area contributed by atoms with Crippen molar-refractivity contribution >= 4 is 40.8 Å². The van der Waals surface area contributed by atoms with Crippen molar-refractivity contribution in [2.45, 2.75) is 0 Å². The third kappa shape index (κ3) is 3.97. The number of carbonyl (C=O) groups excluding carboxylic acids is 1. The zero-order chi connectivity index (χ0) is 17.0. The fourth-order valence-electron chi connectivity index (χ4n) is 1.74. The van der Waals surface area contributed by atoms with Gasteiger partial charge in [0.2, 0.25) is 11.9 Å². The Bertz CT molecular complexity index is 723. The van der Waals surface area contributed by atoms with Gasteiger partial charge in [-0.3, -0.25) is 4.79 Å². The number of nitrogens with zero attached hydrogens (tertiary/aromatic N) is 2. The summed E-state index contributed by atoms with van der Waals surface area (Å²) in [7, 11) is 0. The van der Waals surface area contributed by atoms with Gasteiger partial charge in [-0.15, -0.1) is 0 Å². The molecule has 10 nitrogen and oxygen atoms in total. The van der Waals surface area contributed by atoms with E-state index in [1.807, 2.05) is 0 Å². The second kappa shape index (κ2) is 6.47. The lowest BCUT2D eigenvalue weighted by atomic mass is 10.2. The van der Waals surface area contributed by atoms with Crippen molar-refractivity contribution in [3.8, 4) is 0 Å². The zero-order valence-electron chi connectivity index (χ0n) is 11.9. The summed E-state index contributed by atoms with van der Waals surface area (Å²) in [5.41, 5.74) is 17.4. The maximum atomic E-state index is 11.9. The number of aromatic nitrogens is 2. The number of nitrogens with one attached hydrogen (secondary N) is 2. The van der Waals surface area contributed by atoms with E-state index in [0.717, 1.165) is 0 Å². The van der Waals surface area contributed by atoms with E-state index in [2.05, 4.69) is 20.6 Å². The van der Waals surface area contributed by atoms with Crippen LogP contribution in [0.25, 0.3) is 0 Å². The van der Waals surface area contributed by atoms with Crippen molar-refractivity contribution in [1.82, 2.24) is 9.97 Å². The molecule has 1 amide bonds. The van der Waals surface area contributed by atoms with Gasteiger partial charge in [-0.05, 0) is 24.3 Å². The molecule has 0 atom stereocenters. The minimum Gasteiger partial charge on any atom is -0.478 e. The summed E-state index contributed by atoms with van der Waals surface area (Å²) in [5.74, 6) is -1.61. The standard InChI is InChI=1S/C13H15N7O3/c14-10-9(11(15)20-13(16)19-10)18-8(21)5-17-7-3-1-6(2-4-7)12(22)23/h1-4,17H,5H2,(H,18,21)(H,22,23)(H6,14,15,16,19,20). The molecule has 2 rings (SSSR count). The summed E-state index contributed by atoms with van der Waals surface area (Å²) < 4.78 is 0. The molecule has 0 spiro atoms. The van der Waals surface area contributed by atoms with Crippen LogP contribution in [0.15, 0.2) is 24.3 Å². The molecule has 1 aromatic carbocycles. The predicted octanol–water partition coefficient (Wildman–Crippen LogP) is -0.0280. The summed E-state index contributed by atoms with van der Waals surface area (Å²) in [6.45, 7) is -0.0876. The average molecular weight is 317 g/mol.